The monoisotopic (exact) mass is 279 g/mol. The van der Waals surface area contributed by atoms with Gasteiger partial charge in [-0.15, -0.1) is 0 Å². The Labute approximate surface area is 116 Å². The number of nitrogens with two attached hydrogens (primary N) is 1. The largest absolute Gasteiger partial charge is 0.478 e. The molecule has 2 fully saturated rings. The minimum atomic E-state index is -1.20. The molecular weight excluding hydrogens is 261 g/mol. The molecule has 0 aliphatic carbocycles. The number of nitrogens with one attached hydrogen (secondary N) is 1. The third kappa shape index (κ3) is 2.10. The summed E-state index contributed by atoms with van der Waals surface area (Å²) in [6, 6.07) is 3.33. The number of benzene rings is 1. The van der Waals surface area contributed by atoms with Gasteiger partial charge >= 0.3 is 5.97 Å². The maximum atomic E-state index is 13.4. The molecule has 1 aromatic carbocycles. The van der Waals surface area contributed by atoms with Crippen LogP contribution in [0.15, 0.2) is 12.1 Å². The Balaban J connectivity index is 1.87. The molecule has 6 heteroatoms. The molecule has 3 rings (SSSR count). The number of carbonyl (C=O) groups is 1. The predicted octanol–water partition coefficient (Wildman–Crippen LogP) is 1.75. The van der Waals surface area contributed by atoms with E-state index in [4.69, 9.17) is 5.73 Å². The molecule has 0 aromatic heterocycles. The molecule has 5 nitrogen and oxygen atoms in total. The second-order valence-electron chi connectivity index (χ2n) is 5.47. The fourth-order valence-electron chi connectivity index (χ4n) is 3.40. The van der Waals surface area contributed by atoms with Gasteiger partial charge < -0.3 is 16.2 Å². The summed E-state index contributed by atoms with van der Waals surface area (Å²) in [4.78, 5) is 13.7. The first-order valence-corrected chi connectivity index (χ1v) is 6.90. The fraction of sp³-hybridized carbons (Fsp3) is 0.500. The molecular formula is C14H18FN3O2. The van der Waals surface area contributed by atoms with Crippen LogP contribution in [0.3, 0.4) is 0 Å². The van der Waals surface area contributed by atoms with Crippen molar-refractivity contribution in [2.24, 2.45) is 0 Å². The van der Waals surface area contributed by atoms with Crippen molar-refractivity contribution >= 4 is 17.3 Å². The van der Waals surface area contributed by atoms with Gasteiger partial charge in [0.2, 0.25) is 0 Å². The molecule has 0 amide bonds. The van der Waals surface area contributed by atoms with Crippen molar-refractivity contribution in [3.8, 4) is 0 Å². The number of fused-ring (bicyclic) bond motifs is 1. The van der Waals surface area contributed by atoms with Gasteiger partial charge in [-0.3, -0.25) is 4.90 Å². The van der Waals surface area contributed by atoms with Crippen LogP contribution in [0.1, 0.15) is 29.6 Å². The van der Waals surface area contributed by atoms with E-state index in [1.807, 2.05) is 0 Å². The van der Waals surface area contributed by atoms with Gasteiger partial charge in [-0.1, -0.05) is 0 Å². The van der Waals surface area contributed by atoms with E-state index in [9.17, 15) is 14.3 Å². The van der Waals surface area contributed by atoms with Crippen LogP contribution in [-0.4, -0.2) is 41.1 Å². The van der Waals surface area contributed by atoms with Crippen molar-refractivity contribution in [3.63, 3.8) is 0 Å². The average molecular weight is 279 g/mol. The van der Waals surface area contributed by atoms with Gasteiger partial charge in [-0.2, -0.15) is 0 Å². The minimum Gasteiger partial charge on any atom is -0.478 e. The second-order valence-corrected chi connectivity index (χ2v) is 5.47. The third-order valence-electron chi connectivity index (χ3n) is 4.35. The Morgan fingerprint density at radius 3 is 2.95 bits per heavy atom. The van der Waals surface area contributed by atoms with E-state index < -0.39 is 11.8 Å². The Morgan fingerprint density at radius 1 is 1.40 bits per heavy atom. The highest BCUT2D eigenvalue weighted by Gasteiger charge is 2.37. The lowest BCUT2D eigenvalue weighted by atomic mass is 10.0. The maximum Gasteiger partial charge on any atom is 0.340 e. The number of nitrogens with zero attached hydrogens (tertiary/aromatic N) is 1. The zero-order valence-corrected chi connectivity index (χ0v) is 11.1. The standard InChI is InChI=1S/C14H18FN3O2/c15-8-3-4-10(12(13(8)16)14(19)20)17-9-5-7-18-6-1-2-11(9)18/h3-4,9,11,17H,1-2,5-7,16H2,(H,19,20). The molecule has 2 atom stereocenters. The zero-order valence-electron chi connectivity index (χ0n) is 11.1. The van der Waals surface area contributed by atoms with E-state index in [0.717, 1.165) is 25.9 Å². The predicted molar refractivity (Wildman–Crippen MR) is 74.4 cm³/mol. The first-order chi connectivity index (χ1) is 9.58. The molecule has 1 aromatic rings. The van der Waals surface area contributed by atoms with E-state index in [1.54, 1.807) is 0 Å². The van der Waals surface area contributed by atoms with Crippen molar-refractivity contribution in [1.29, 1.82) is 0 Å². The van der Waals surface area contributed by atoms with Gasteiger partial charge in [0.15, 0.2) is 0 Å². The normalized spacial score (nSPS) is 25.6. The number of nitrogen functional groups attached to an aromatic ring is 1. The maximum absolute atomic E-state index is 13.4. The number of carboxylic acid groups (broad SMARTS) is 1. The summed E-state index contributed by atoms with van der Waals surface area (Å²) in [5, 5.41) is 12.5. The zero-order chi connectivity index (χ0) is 14.3. The van der Waals surface area contributed by atoms with E-state index >= 15 is 0 Å². The van der Waals surface area contributed by atoms with Crippen LogP contribution < -0.4 is 11.1 Å². The molecule has 4 N–H and O–H groups in total. The van der Waals surface area contributed by atoms with Gasteiger partial charge in [-0.25, -0.2) is 9.18 Å². The van der Waals surface area contributed by atoms with Gasteiger partial charge in [0.1, 0.15) is 11.4 Å². The summed E-state index contributed by atoms with van der Waals surface area (Å²) in [6.07, 6.45) is 3.28. The van der Waals surface area contributed by atoms with E-state index in [1.165, 1.54) is 18.6 Å². The lowest BCUT2D eigenvalue weighted by Gasteiger charge is -2.23. The van der Waals surface area contributed by atoms with Crippen molar-refractivity contribution in [2.75, 3.05) is 24.1 Å². The molecule has 0 radical (unpaired) electrons. The summed E-state index contributed by atoms with van der Waals surface area (Å²) in [5.74, 6) is -1.90. The van der Waals surface area contributed by atoms with Crippen molar-refractivity contribution in [2.45, 2.75) is 31.3 Å². The molecule has 2 unspecified atom stereocenters. The number of halogens is 1. The average Bonchev–Trinajstić information content (AvgIpc) is 2.98. The topological polar surface area (TPSA) is 78.6 Å². The summed E-state index contributed by atoms with van der Waals surface area (Å²) in [7, 11) is 0. The van der Waals surface area contributed by atoms with Crippen LogP contribution in [0.25, 0.3) is 0 Å². The van der Waals surface area contributed by atoms with Gasteiger partial charge in [-0.05, 0) is 37.9 Å². The number of aromatic carboxylic acids is 1. The van der Waals surface area contributed by atoms with Crippen LogP contribution >= 0.6 is 0 Å². The highest BCUT2D eigenvalue weighted by atomic mass is 19.1. The van der Waals surface area contributed by atoms with E-state index in [0.29, 0.717) is 11.7 Å². The molecule has 20 heavy (non-hydrogen) atoms. The smallest absolute Gasteiger partial charge is 0.340 e. The Bertz CT molecular complexity index is 549. The number of carboxylic acids is 1. The Kier molecular flexibility index (Phi) is 3.25. The molecule has 2 aliphatic rings. The number of anilines is 2. The Morgan fingerprint density at radius 2 is 2.20 bits per heavy atom. The summed E-state index contributed by atoms with van der Waals surface area (Å²) in [5.41, 5.74) is 5.50. The van der Waals surface area contributed by atoms with Crippen LogP contribution in [0.2, 0.25) is 0 Å². The molecule has 0 bridgehead atoms. The van der Waals surface area contributed by atoms with Crippen molar-refractivity contribution in [1.82, 2.24) is 4.90 Å². The highest BCUT2D eigenvalue weighted by molar-refractivity contribution is 6.00. The number of hydrogen-bond acceptors (Lipinski definition) is 4. The lowest BCUT2D eigenvalue weighted by molar-refractivity contribution is 0.0698. The number of rotatable bonds is 3. The lowest BCUT2D eigenvalue weighted by Crippen LogP contribution is -2.34. The second kappa shape index (κ2) is 4.94. The first-order valence-electron chi connectivity index (χ1n) is 6.90. The number of hydrogen-bond donors (Lipinski definition) is 3. The minimum absolute atomic E-state index is 0.165. The van der Waals surface area contributed by atoms with Gasteiger partial charge in [0.25, 0.3) is 0 Å². The van der Waals surface area contributed by atoms with Crippen molar-refractivity contribution in [3.05, 3.63) is 23.5 Å². The molecule has 108 valence electrons. The molecule has 2 saturated heterocycles. The SMILES string of the molecule is Nc1c(F)ccc(NC2CCN3CCCC23)c1C(=O)O. The van der Waals surface area contributed by atoms with Crippen LogP contribution in [0.4, 0.5) is 15.8 Å². The van der Waals surface area contributed by atoms with Gasteiger partial charge in [0.05, 0.1) is 11.4 Å². The Hall–Kier alpha value is -1.82. The molecule has 2 heterocycles. The summed E-state index contributed by atoms with van der Waals surface area (Å²) in [6.45, 7) is 2.14. The van der Waals surface area contributed by atoms with Gasteiger partial charge in [0, 0.05) is 18.6 Å². The highest BCUT2D eigenvalue weighted by Crippen LogP contribution is 2.32. The van der Waals surface area contributed by atoms with Crippen LogP contribution in [0, 0.1) is 5.82 Å². The summed E-state index contributed by atoms with van der Waals surface area (Å²) >= 11 is 0. The van der Waals surface area contributed by atoms with Crippen molar-refractivity contribution < 1.29 is 14.3 Å². The van der Waals surface area contributed by atoms with Crippen LogP contribution in [0.5, 0.6) is 0 Å². The first kappa shape index (κ1) is 13.2. The van der Waals surface area contributed by atoms with E-state index in [2.05, 4.69) is 10.2 Å². The quantitative estimate of drug-likeness (QED) is 0.735. The fourth-order valence-corrected chi connectivity index (χ4v) is 3.40. The van der Waals surface area contributed by atoms with E-state index in [-0.39, 0.29) is 17.3 Å². The third-order valence-corrected chi connectivity index (χ3v) is 4.35. The molecule has 2 aliphatic heterocycles. The molecule has 0 spiro atoms. The molecule has 0 saturated carbocycles. The summed E-state index contributed by atoms with van der Waals surface area (Å²) < 4.78 is 13.4. The van der Waals surface area contributed by atoms with Crippen LogP contribution in [-0.2, 0) is 0 Å².